The van der Waals surface area contributed by atoms with Crippen molar-refractivity contribution in [3.63, 3.8) is 0 Å². The molecule has 1 saturated heterocycles. The van der Waals surface area contributed by atoms with Gasteiger partial charge >= 0.3 is 0 Å². The van der Waals surface area contributed by atoms with Crippen molar-refractivity contribution in [2.24, 2.45) is 0 Å². The maximum Gasteiger partial charge on any atom is 0.241 e. The predicted molar refractivity (Wildman–Crippen MR) is 101 cm³/mol. The number of nitrogens with zero attached hydrogens (tertiary/aromatic N) is 1. The Morgan fingerprint density at radius 3 is 2.42 bits per heavy atom. The van der Waals surface area contributed by atoms with Crippen LogP contribution in [0.3, 0.4) is 0 Å². The topological polar surface area (TPSA) is 49.4 Å². The van der Waals surface area contributed by atoms with Gasteiger partial charge in [0.2, 0.25) is 10.0 Å². The first kappa shape index (κ1) is 19.0. The lowest BCUT2D eigenvalue weighted by Gasteiger charge is -2.27. The number of rotatable bonds is 6. The number of halogens is 1. The number of hydrogen-bond donors (Lipinski definition) is 1. The number of sulfonamides is 1. The molecule has 3 rings (SSSR count). The predicted octanol–water partition coefficient (Wildman–Crippen LogP) is 3.60. The van der Waals surface area contributed by atoms with E-state index in [1.165, 1.54) is 37.5 Å². The Labute approximate surface area is 155 Å². The summed E-state index contributed by atoms with van der Waals surface area (Å²) in [6.07, 6.45) is 3.73. The molecular weight excluding hydrogens is 351 g/mol. The first-order chi connectivity index (χ1) is 12.5. The molecule has 0 amide bonds. The Morgan fingerprint density at radius 2 is 1.73 bits per heavy atom. The molecule has 1 N–H and O–H groups in total. The lowest BCUT2D eigenvalue weighted by Crippen LogP contribution is -2.30. The van der Waals surface area contributed by atoms with Crippen molar-refractivity contribution in [1.82, 2.24) is 9.62 Å². The summed E-state index contributed by atoms with van der Waals surface area (Å²) in [7, 11) is -3.69. The molecule has 0 unspecified atom stereocenters. The Kier molecular flexibility index (Phi) is 6.06. The van der Waals surface area contributed by atoms with Crippen LogP contribution < -0.4 is 4.72 Å². The SMILES string of the molecule is Cc1cc(F)ccc1S(=O)(=O)NCc1ccccc1CN1CCCCC1. The maximum absolute atomic E-state index is 13.2. The van der Waals surface area contributed by atoms with Gasteiger partial charge in [-0.15, -0.1) is 0 Å². The van der Waals surface area contributed by atoms with Crippen LogP contribution in [0.5, 0.6) is 0 Å². The fourth-order valence-electron chi connectivity index (χ4n) is 3.41. The van der Waals surface area contributed by atoms with Gasteiger partial charge in [-0.1, -0.05) is 30.7 Å². The van der Waals surface area contributed by atoms with E-state index in [-0.39, 0.29) is 11.4 Å². The molecule has 0 saturated carbocycles. The van der Waals surface area contributed by atoms with E-state index in [4.69, 9.17) is 0 Å². The summed E-state index contributed by atoms with van der Waals surface area (Å²) >= 11 is 0. The van der Waals surface area contributed by atoms with Crippen LogP contribution in [0.2, 0.25) is 0 Å². The van der Waals surface area contributed by atoms with E-state index in [1.54, 1.807) is 6.92 Å². The smallest absolute Gasteiger partial charge is 0.241 e. The molecule has 0 atom stereocenters. The number of hydrogen-bond acceptors (Lipinski definition) is 3. The minimum absolute atomic E-state index is 0.118. The average molecular weight is 376 g/mol. The second-order valence-corrected chi connectivity index (χ2v) is 8.58. The number of benzene rings is 2. The normalized spacial score (nSPS) is 15.9. The van der Waals surface area contributed by atoms with Crippen LogP contribution in [-0.2, 0) is 23.1 Å². The van der Waals surface area contributed by atoms with E-state index in [1.807, 2.05) is 18.2 Å². The van der Waals surface area contributed by atoms with Crippen LogP contribution in [0, 0.1) is 12.7 Å². The van der Waals surface area contributed by atoms with E-state index in [2.05, 4.69) is 15.7 Å². The van der Waals surface area contributed by atoms with Crippen molar-refractivity contribution in [1.29, 1.82) is 0 Å². The molecule has 1 fully saturated rings. The molecule has 2 aromatic carbocycles. The van der Waals surface area contributed by atoms with Gasteiger partial charge in [0.15, 0.2) is 0 Å². The van der Waals surface area contributed by atoms with Gasteiger partial charge in [0.25, 0.3) is 0 Å². The van der Waals surface area contributed by atoms with Crippen molar-refractivity contribution >= 4 is 10.0 Å². The van der Waals surface area contributed by atoms with E-state index < -0.39 is 15.8 Å². The van der Waals surface area contributed by atoms with Crippen molar-refractivity contribution in [3.8, 4) is 0 Å². The zero-order chi connectivity index (χ0) is 18.6. The third-order valence-electron chi connectivity index (χ3n) is 4.84. The Bertz CT molecular complexity index is 862. The van der Waals surface area contributed by atoms with Crippen molar-refractivity contribution in [2.75, 3.05) is 13.1 Å². The highest BCUT2D eigenvalue weighted by Gasteiger charge is 2.18. The molecule has 2 aromatic rings. The van der Waals surface area contributed by atoms with Crippen molar-refractivity contribution in [2.45, 2.75) is 44.2 Å². The number of likely N-dealkylation sites (tertiary alicyclic amines) is 1. The summed E-state index contributed by atoms with van der Waals surface area (Å²) in [4.78, 5) is 2.54. The zero-order valence-electron chi connectivity index (χ0n) is 15.0. The number of nitrogens with one attached hydrogen (secondary N) is 1. The highest BCUT2D eigenvalue weighted by atomic mass is 32.2. The van der Waals surface area contributed by atoms with E-state index in [0.29, 0.717) is 5.56 Å². The van der Waals surface area contributed by atoms with Crippen molar-refractivity contribution in [3.05, 3.63) is 65.0 Å². The molecule has 0 aromatic heterocycles. The minimum Gasteiger partial charge on any atom is -0.299 e. The lowest BCUT2D eigenvalue weighted by atomic mass is 10.1. The largest absolute Gasteiger partial charge is 0.299 e. The van der Waals surface area contributed by atoms with Gasteiger partial charge in [0.1, 0.15) is 5.82 Å². The Morgan fingerprint density at radius 1 is 1.04 bits per heavy atom. The quantitative estimate of drug-likeness (QED) is 0.838. The van der Waals surface area contributed by atoms with Gasteiger partial charge in [-0.2, -0.15) is 0 Å². The Balaban J connectivity index is 1.72. The molecule has 0 spiro atoms. The van der Waals surface area contributed by atoms with Gasteiger partial charge in [0, 0.05) is 13.1 Å². The monoisotopic (exact) mass is 376 g/mol. The molecule has 26 heavy (non-hydrogen) atoms. The minimum atomic E-state index is -3.69. The van der Waals surface area contributed by atoms with Crippen LogP contribution in [0.25, 0.3) is 0 Å². The highest BCUT2D eigenvalue weighted by Crippen LogP contribution is 2.19. The second-order valence-electron chi connectivity index (χ2n) is 6.84. The molecule has 4 nitrogen and oxygen atoms in total. The average Bonchev–Trinajstić information content (AvgIpc) is 2.61. The van der Waals surface area contributed by atoms with Crippen LogP contribution >= 0.6 is 0 Å². The first-order valence-electron chi connectivity index (χ1n) is 9.01. The van der Waals surface area contributed by atoms with E-state index >= 15 is 0 Å². The molecule has 6 heteroatoms. The molecule has 0 radical (unpaired) electrons. The molecule has 1 heterocycles. The summed E-state index contributed by atoms with van der Waals surface area (Å²) in [6.45, 7) is 4.85. The van der Waals surface area contributed by atoms with E-state index in [9.17, 15) is 12.8 Å². The molecule has 1 aliphatic heterocycles. The summed E-state index contributed by atoms with van der Waals surface area (Å²) < 4.78 is 41.1. The van der Waals surface area contributed by atoms with Crippen LogP contribution in [0.4, 0.5) is 4.39 Å². The molecular formula is C20H25FN2O2S. The van der Waals surface area contributed by atoms with Gasteiger partial charge < -0.3 is 0 Å². The van der Waals surface area contributed by atoms with Crippen LogP contribution in [-0.4, -0.2) is 26.4 Å². The summed E-state index contributed by atoms with van der Waals surface area (Å²) in [5.41, 5.74) is 2.52. The van der Waals surface area contributed by atoms with Gasteiger partial charge in [-0.25, -0.2) is 17.5 Å². The van der Waals surface area contributed by atoms with Gasteiger partial charge in [0.05, 0.1) is 4.90 Å². The molecule has 0 bridgehead atoms. The molecule has 0 aliphatic carbocycles. The second kappa shape index (κ2) is 8.29. The standard InChI is InChI=1S/C20H25FN2O2S/c1-16-13-19(21)9-10-20(16)26(24,25)22-14-17-7-3-4-8-18(17)15-23-11-5-2-6-12-23/h3-4,7-10,13,22H,2,5-6,11-12,14-15H2,1H3. The third kappa shape index (κ3) is 4.69. The summed E-state index contributed by atoms with van der Waals surface area (Å²) in [5, 5.41) is 0. The van der Waals surface area contributed by atoms with Crippen LogP contribution in [0.15, 0.2) is 47.4 Å². The number of piperidine rings is 1. The van der Waals surface area contributed by atoms with Crippen LogP contribution in [0.1, 0.15) is 36.0 Å². The maximum atomic E-state index is 13.2. The fraction of sp³-hybridized carbons (Fsp3) is 0.400. The molecule has 140 valence electrons. The van der Waals surface area contributed by atoms with Gasteiger partial charge in [-0.05, 0) is 67.7 Å². The first-order valence-corrected chi connectivity index (χ1v) is 10.5. The third-order valence-corrected chi connectivity index (χ3v) is 6.40. The Hall–Kier alpha value is -1.76. The lowest BCUT2D eigenvalue weighted by molar-refractivity contribution is 0.220. The number of aryl methyl sites for hydroxylation is 1. The summed E-state index contributed by atoms with van der Waals surface area (Å²) in [6, 6.07) is 11.6. The van der Waals surface area contributed by atoms with Crippen molar-refractivity contribution < 1.29 is 12.8 Å². The molecule has 1 aliphatic rings. The zero-order valence-corrected chi connectivity index (χ0v) is 15.9. The summed E-state index contributed by atoms with van der Waals surface area (Å²) in [5.74, 6) is -0.437. The highest BCUT2D eigenvalue weighted by molar-refractivity contribution is 7.89. The fourth-order valence-corrected chi connectivity index (χ4v) is 4.64. The van der Waals surface area contributed by atoms with Gasteiger partial charge in [-0.3, -0.25) is 4.90 Å². The van der Waals surface area contributed by atoms with E-state index in [0.717, 1.165) is 30.8 Å².